The van der Waals surface area contributed by atoms with E-state index in [0.29, 0.717) is 17.9 Å². The van der Waals surface area contributed by atoms with Gasteiger partial charge in [-0.2, -0.15) is 0 Å². The Balaban J connectivity index is 2.06. The fourth-order valence-corrected chi connectivity index (χ4v) is 1.88. The number of nitrogens with zero attached hydrogens (tertiary/aromatic N) is 2. The monoisotopic (exact) mass is 273 g/mol. The highest BCUT2D eigenvalue weighted by atomic mass is 16.4. The molecule has 0 saturated carbocycles. The highest BCUT2D eigenvalue weighted by Gasteiger charge is 2.15. The maximum absolute atomic E-state index is 12.1. The molecule has 6 heteroatoms. The van der Waals surface area contributed by atoms with Crippen molar-refractivity contribution in [1.82, 2.24) is 14.9 Å². The zero-order valence-electron chi connectivity index (χ0n) is 11.0. The van der Waals surface area contributed by atoms with Crippen molar-refractivity contribution in [2.75, 3.05) is 7.05 Å². The second-order valence-corrected chi connectivity index (χ2v) is 4.42. The van der Waals surface area contributed by atoms with E-state index in [-0.39, 0.29) is 17.9 Å². The molecule has 104 valence electrons. The van der Waals surface area contributed by atoms with Crippen LogP contribution in [0.5, 0.6) is 0 Å². The molecule has 0 aliphatic heterocycles. The van der Waals surface area contributed by atoms with Crippen LogP contribution in [-0.2, 0) is 17.8 Å². The van der Waals surface area contributed by atoms with Gasteiger partial charge in [-0.25, -0.2) is 9.78 Å². The number of amides is 1. The summed E-state index contributed by atoms with van der Waals surface area (Å²) in [5, 5.41) is 9.08. The van der Waals surface area contributed by atoms with Gasteiger partial charge in [0.15, 0.2) is 0 Å². The molecule has 0 fully saturated rings. The van der Waals surface area contributed by atoms with Crippen molar-refractivity contribution in [3.05, 3.63) is 53.6 Å². The molecular weight excluding hydrogens is 258 g/mol. The van der Waals surface area contributed by atoms with Crippen molar-refractivity contribution in [2.45, 2.75) is 13.0 Å². The summed E-state index contributed by atoms with van der Waals surface area (Å²) < 4.78 is 0. The first-order chi connectivity index (χ1) is 9.58. The van der Waals surface area contributed by atoms with Gasteiger partial charge in [-0.05, 0) is 11.6 Å². The summed E-state index contributed by atoms with van der Waals surface area (Å²) >= 11 is 0. The van der Waals surface area contributed by atoms with E-state index in [1.165, 1.54) is 11.0 Å². The number of carboxylic acid groups (broad SMARTS) is 1. The minimum atomic E-state index is -1.03. The van der Waals surface area contributed by atoms with Gasteiger partial charge in [-0.1, -0.05) is 18.2 Å². The van der Waals surface area contributed by atoms with Crippen molar-refractivity contribution in [3.8, 4) is 0 Å². The van der Waals surface area contributed by atoms with Crippen LogP contribution in [0.3, 0.4) is 0 Å². The van der Waals surface area contributed by atoms with Gasteiger partial charge in [0.25, 0.3) is 0 Å². The van der Waals surface area contributed by atoms with Crippen LogP contribution in [0, 0.1) is 0 Å². The van der Waals surface area contributed by atoms with Crippen molar-refractivity contribution in [3.63, 3.8) is 0 Å². The zero-order chi connectivity index (χ0) is 14.5. The van der Waals surface area contributed by atoms with Gasteiger partial charge < -0.3 is 15.0 Å². The Hall–Kier alpha value is -2.63. The Kier molecular flexibility index (Phi) is 4.14. The van der Waals surface area contributed by atoms with E-state index in [1.807, 2.05) is 0 Å². The molecule has 20 heavy (non-hydrogen) atoms. The lowest BCUT2D eigenvalue weighted by molar-refractivity contribution is -0.129. The molecule has 1 aromatic heterocycles. The number of carbonyl (C=O) groups is 2. The predicted octanol–water partition coefficient (Wildman–Crippen LogP) is 1.31. The number of hydrogen-bond donors (Lipinski definition) is 2. The maximum Gasteiger partial charge on any atom is 0.335 e. The third kappa shape index (κ3) is 3.23. The van der Waals surface area contributed by atoms with Crippen molar-refractivity contribution < 1.29 is 14.7 Å². The topological polar surface area (TPSA) is 86.3 Å². The summed E-state index contributed by atoms with van der Waals surface area (Å²) in [7, 11) is 1.66. The first-order valence-electron chi connectivity index (χ1n) is 6.11. The van der Waals surface area contributed by atoms with E-state index in [4.69, 9.17) is 5.11 Å². The van der Waals surface area contributed by atoms with E-state index < -0.39 is 5.97 Å². The average Bonchev–Trinajstić information content (AvgIpc) is 2.91. The molecule has 0 aliphatic rings. The number of rotatable bonds is 5. The van der Waals surface area contributed by atoms with E-state index in [2.05, 4.69) is 9.97 Å². The molecular formula is C14H15N3O3. The van der Waals surface area contributed by atoms with Gasteiger partial charge in [0, 0.05) is 19.4 Å². The highest BCUT2D eigenvalue weighted by molar-refractivity contribution is 5.91. The van der Waals surface area contributed by atoms with Gasteiger partial charge in [-0.3, -0.25) is 4.79 Å². The summed E-state index contributed by atoms with van der Waals surface area (Å²) in [5.41, 5.74) is 0.670. The van der Waals surface area contributed by atoms with Crippen molar-refractivity contribution in [2.24, 2.45) is 0 Å². The van der Waals surface area contributed by atoms with E-state index >= 15 is 0 Å². The normalized spacial score (nSPS) is 10.2. The number of nitrogens with one attached hydrogen (secondary N) is 1. The van der Waals surface area contributed by atoms with E-state index in [0.717, 1.165) is 0 Å². The summed E-state index contributed by atoms with van der Waals surface area (Å²) in [5.74, 6) is -0.496. The fraction of sp³-hybridized carbons (Fsp3) is 0.214. The zero-order valence-corrected chi connectivity index (χ0v) is 11.0. The van der Waals surface area contributed by atoms with Crippen molar-refractivity contribution in [1.29, 1.82) is 0 Å². The molecule has 2 aromatic rings. The molecule has 0 aliphatic carbocycles. The number of hydrogen-bond acceptors (Lipinski definition) is 3. The quantitative estimate of drug-likeness (QED) is 0.860. The summed E-state index contributed by atoms with van der Waals surface area (Å²) in [6, 6.07) is 6.52. The maximum atomic E-state index is 12.1. The van der Waals surface area contributed by atoms with Gasteiger partial charge in [0.2, 0.25) is 5.91 Å². The Morgan fingerprint density at radius 3 is 2.75 bits per heavy atom. The molecule has 0 atom stereocenters. The molecule has 0 radical (unpaired) electrons. The van der Waals surface area contributed by atoms with E-state index in [9.17, 15) is 9.59 Å². The first kappa shape index (κ1) is 13.8. The fourth-order valence-electron chi connectivity index (χ4n) is 1.88. The molecule has 1 amide bonds. The van der Waals surface area contributed by atoms with E-state index in [1.54, 1.807) is 37.6 Å². The number of carboxylic acids is 1. The lowest BCUT2D eigenvalue weighted by Gasteiger charge is -2.16. The second-order valence-electron chi connectivity index (χ2n) is 4.42. The van der Waals surface area contributed by atoms with Gasteiger partial charge in [-0.15, -0.1) is 0 Å². The Morgan fingerprint density at radius 2 is 2.10 bits per heavy atom. The lowest BCUT2D eigenvalue weighted by Crippen LogP contribution is -2.28. The van der Waals surface area contributed by atoms with Gasteiger partial charge >= 0.3 is 5.97 Å². The average molecular weight is 273 g/mol. The van der Waals surface area contributed by atoms with Gasteiger partial charge in [0.1, 0.15) is 5.82 Å². The highest BCUT2D eigenvalue weighted by Crippen LogP contribution is 2.11. The number of aromatic carboxylic acids is 1. The molecule has 2 rings (SSSR count). The number of H-pyrrole nitrogens is 1. The van der Waals surface area contributed by atoms with Crippen LogP contribution < -0.4 is 0 Å². The van der Waals surface area contributed by atoms with Crippen LogP contribution in [0.15, 0.2) is 36.7 Å². The van der Waals surface area contributed by atoms with Crippen LogP contribution in [-0.4, -0.2) is 38.9 Å². The van der Waals surface area contributed by atoms with Crippen LogP contribution >= 0.6 is 0 Å². The molecule has 0 bridgehead atoms. The molecule has 1 aromatic carbocycles. The van der Waals surface area contributed by atoms with Crippen LogP contribution in [0.4, 0.5) is 0 Å². The Morgan fingerprint density at radius 1 is 1.35 bits per heavy atom. The number of aromatic amines is 1. The van der Waals surface area contributed by atoms with Crippen LogP contribution in [0.25, 0.3) is 0 Å². The molecule has 6 nitrogen and oxygen atoms in total. The molecule has 0 spiro atoms. The number of benzene rings is 1. The number of imidazole rings is 1. The molecule has 2 N–H and O–H groups in total. The summed E-state index contributed by atoms with van der Waals surface area (Å²) in [6.45, 7) is 0.362. The SMILES string of the molecule is CN(Cc1ncc[nH]1)C(=O)Cc1ccccc1C(=O)O. The Bertz CT molecular complexity index is 608. The molecule has 1 heterocycles. The first-order valence-corrected chi connectivity index (χ1v) is 6.11. The summed E-state index contributed by atoms with van der Waals surface area (Å²) in [4.78, 5) is 31.7. The molecule has 0 saturated heterocycles. The second kappa shape index (κ2) is 6.01. The number of carbonyl (C=O) groups excluding carboxylic acids is 1. The summed E-state index contributed by atoms with van der Waals surface area (Å²) in [6.07, 6.45) is 3.36. The smallest absolute Gasteiger partial charge is 0.335 e. The minimum absolute atomic E-state index is 0.0552. The number of aromatic nitrogens is 2. The standard InChI is InChI=1S/C14H15N3O3/c1-17(9-12-15-6-7-16-12)13(18)8-10-4-2-3-5-11(10)14(19)20/h2-7H,8-9H2,1H3,(H,15,16)(H,19,20). The lowest BCUT2D eigenvalue weighted by atomic mass is 10.0. The van der Waals surface area contributed by atoms with Crippen LogP contribution in [0.1, 0.15) is 21.7 Å². The minimum Gasteiger partial charge on any atom is -0.478 e. The Labute approximate surface area is 116 Å². The third-order valence-corrected chi connectivity index (χ3v) is 2.96. The third-order valence-electron chi connectivity index (χ3n) is 2.96. The van der Waals surface area contributed by atoms with Crippen molar-refractivity contribution >= 4 is 11.9 Å². The van der Waals surface area contributed by atoms with Crippen LogP contribution in [0.2, 0.25) is 0 Å². The predicted molar refractivity (Wildman–Crippen MR) is 72.2 cm³/mol. The largest absolute Gasteiger partial charge is 0.478 e. The number of likely N-dealkylation sites (N-methyl/N-ethyl adjacent to an activating group) is 1. The van der Waals surface area contributed by atoms with Gasteiger partial charge in [0.05, 0.1) is 18.5 Å². The molecule has 0 unspecified atom stereocenters.